The van der Waals surface area contributed by atoms with Gasteiger partial charge >= 0.3 is 5.97 Å². The van der Waals surface area contributed by atoms with Gasteiger partial charge in [0.25, 0.3) is 5.56 Å². The second-order valence-electron chi connectivity index (χ2n) is 5.28. The van der Waals surface area contributed by atoms with E-state index >= 15 is 0 Å². The molecule has 0 atom stereocenters. The third kappa shape index (κ3) is 3.11. The molecule has 2 aromatic heterocycles. The predicted octanol–water partition coefficient (Wildman–Crippen LogP) is 1.35. The second kappa shape index (κ2) is 6.00. The van der Waals surface area contributed by atoms with Crippen molar-refractivity contribution in [2.45, 2.75) is 13.5 Å². The van der Waals surface area contributed by atoms with Crippen molar-refractivity contribution in [2.24, 2.45) is 0 Å². The maximum absolute atomic E-state index is 12.2. The minimum atomic E-state index is -0.455. The highest BCUT2D eigenvalue weighted by molar-refractivity contribution is 5.93. The average Bonchev–Trinajstić information content (AvgIpc) is 2.55. The lowest BCUT2D eigenvalue weighted by atomic mass is 10.1. The quantitative estimate of drug-likeness (QED) is 0.585. The minimum Gasteiger partial charge on any atom is -0.465 e. The Morgan fingerprint density at radius 2 is 2.00 bits per heavy atom. The number of aryl methyl sites for hydroxylation is 1. The Kier molecular flexibility index (Phi) is 3.89. The zero-order chi connectivity index (χ0) is 16.4. The molecule has 1 N–H and O–H groups in total. The monoisotopic (exact) mass is 310 g/mol. The molecule has 0 spiro atoms. The number of carbonyl (C=O) groups is 1. The topological polar surface area (TPSA) is 75.9 Å². The molecule has 6 heteroatoms. The van der Waals surface area contributed by atoms with Gasteiger partial charge in [0.1, 0.15) is 0 Å². The highest BCUT2D eigenvalue weighted by Gasteiger charge is 2.11. The van der Waals surface area contributed by atoms with E-state index in [1.807, 2.05) is 36.0 Å². The van der Waals surface area contributed by atoms with Crippen LogP contribution in [-0.2, 0) is 11.3 Å². The summed E-state index contributed by atoms with van der Waals surface area (Å²) in [5.41, 5.74) is 1.77. The van der Waals surface area contributed by atoms with Crippen LogP contribution < -0.4 is 10.1 Å². The summed E-state index contributed by atoms with van der Waals surface area (Å²) >= 11 is 0. The highest BCUT2D eigenvalue weighted by Crippen LogP contribution is 2.11. The standard InChI is InChI=1S/C17H15N3O3/c1-11-5-7-20(8-6-11)10-15-18-14-9-12(17(22)23-2)3-4-13(14)16(21)19-15/h3-9H,10H2,1-2H3/p+1. The van der Waals surface area contributed by atoms with Crippen LogP contribution in [0.2, 0.25) is 0 Å². The number of hydrogen-bond donors (Lipinski definition) is 1. The average molecular weight is 310 g/mol. The molecule has 0 aliphatic rings. The third-order valence-corrected chi connectivity index (χ3v) is 3.57. The van der Waals surface area contributed by atoms with E-state index in [1.54, 1.807) is 18.2 Å². The van der Waals surface area contributed by atoms with Gasteiger partial charge in [-0.2, -0.15) is 4.57 Å². The largest absolute Gasteiger partial charge is 0.465 e. The Labute approximate surface area is 132 Å². The van der Waals surface area contributed by atoms with Gasteiger partial charge in [0, 0.05) is 12.1 Å². The van der Waals surface area contributed by atoms with Crippen molar-refractivity contribution in [1.82, 2.24) is 9.97 Å². The molecule has 0 radical (unpaired) electrons. The number of rotatable bonds is 3. The fraction of sp³-hybridized carbons (Fsp3) is 0.176. The number of H-pyrrole nitrogens is 1. The van der Waals surface area contributed by atoms with E-state index in [9.17, 15) is 9.59 Å². The molecule has 3 rings (SSSR count). The first-order valence-corrected chi connectivity index (χ1v) is 7.14. The summed E-state index contributed by atoms with van der Waals surface area (Å²) in [7, 11) is 1.32. The number of benzene rings is 1. The Hall–Kier alpha value is -3.02. The van der Waals surface area contributed by atoms with Crippen molar-refractivity contribution in [1.29, 1.82) is 0 Å². The van der Waals surface area contributed by atoms with Crippen LogP contribution in [0.25, 0.3) is 10.9 Å². The molecule has 0 saturated carbocycles. The zero-order valence-corrected chi connectivity index (χ0v) is 12.9. The van der Waals surface area contributed by atoms with Gasteiger partial charge in [-0.15, -0.1) is 0 Å². The molecule has 0 fully saturated rings. The van der Waals surface area contributed by atoms with E-state index in [4.69, 9.17) is 4.74 Å². The Bertz CT molecular complexity index is 930. The molecule has 1 aromatic carbocycles. The molecule has 6 nitrogen and oxygen atoms in total. The highest BCUT2D eigenvalue weighted by atomic mass is 16.5. The van der Waals surface area contributed by atoms with Gasteiger partial charge in [-0.3, -0.25) is 4.79 Å². The van der Waals surface area contributed by atoms with Gasteiger partial charge in [-0.25, -0.2) is 9.78 Å². The number of ether oxygens (including phenoxy) is 1. The van der Waals surface area contributed by atoms with Crippen LogP contribution in [0.5, 0.6) is 0 Å². The molecule has 0 saturated heterocycles. The van der Waals surface area contributed by atoms with E-state index < -0.39 is 5.97 Å². The lowest BCUT2D eigenvalue weighted by Gasteiger charge is -2.03. The van der Waals surface area contributed by atoms with Crippen LogP contribution in [0.3, 0.4) is 0 Å². The number of fused-ring (bicyclic) bond motifs is 1. The van der Waals surface area contributed by atoms with Crippen molar-refractivity contribution < 1.29 is 14.1 Å². The van der Waals surface area contributed by atoms with E-state index in [1.165, 1.54) is 7.11 Å². The maximum Gasteiger partial charge on any atom is 0.337 e. The molecule has 0 aliphatic heterocycles. The minimum absolute atomic E-state index is 0.228. The fourth-order valence-corrected chi connectivity index (χ4v) is 2.32. The number of methoxy groups -OCH3 is 1. The summed E-state index contributed by atoms with van der Waals surface area (Å²) in [6.45, 7) is 2.45. The van der Waals surface area contributed by atoms with Gasteiger partial charge in [0.15, 0.2) is 18.2 Å². The molecule has 23 heavy (non-hydrogen) atoms. The summed E-state index contributed by atoms with van der Waals surface area (Å²) in [6, 6.07) is 8.67. The first-order chi connectivity index (χ1) is 11.1. The van der Waals surface area contributed by atoms with Gasteiger partial charge in [0.2, 0.25) is 6.54 Å². The first kappa shape index (κ1) is 14.9. The smallest absolute Gasteiger partial charge is 0.337 e. The Morgan fingerprint density at radius 3 is 2.70 bits per heavy atom. The number of nitrogens with one attached hydrogen (secondary N) is 1. The van der Waals surface area contributed by atoms with Crippen LogP contribution in [0.4, 0.5) is 0 Å². The number of esters is 1. The summed E-state index contributed by atoms with van der Waals surface area (Å²) < 4.78 is 6.61. The fourth-order valence-electron chi connectivity index (χ4n) is 2.32. The number of aromatic amines is 1. The number of hydrogen-bond acceptors (Lipinski definition) is 4. The van der Waals surface area contributed by atoms with E-state index in [0.717, 1.165) is 5.56 Å². The summed E-state index contributed by atoms with van der Waals surface area (Å²) in [5.74, 6) is 0.0711. The third-order valence-electron chi connectivity index (χ3n) is 3.57. The molecular weight excluding hydrogens is 294 g/mol. The SMILES string of the molecule is COC(=O)c1ccc2c(=O)[nH]c(C[n+]3ccc(C)cc3)nc2c1. The number of aromatic nitrogens is 3. The molecule has 116 valence electrons. The van der Waals surface area contributed by atoms with E-state index in [0.29, 0.717) is 28.8 Å². The molecule has 2 heterocycles. The Balaban J connectivity index is 2.02. The van der Waals surface area contributed by atoms with Gasteiger partial charge in [-0.05, 0) is 30.7 Å². The molecule has 0 bridgehead atoms. The van der Waals surface area contributed by atoms with Crippen LogP contribution in [-0.4, -0.2) is 23.0 Å². The number of pyridine rings is 1. The normalized spacial score (nSPS) is 10.7. The van der Waals surface area contributed by atoms with Crippen molar-refractivity contribution in [3.05, 3.63) is 70.0 Å². The lowest BCUT2D eigenvalue weighted by Crippen LogP contribution is -2.35. The van der Waals surface area contributed by atoms with Crippen LogP contribution in [0, 0.1) is 6.92 Å². The van der Waals surface area contributed by atoms with Crippen molar-refractivity contribution in [2.75, 3.05) is 7.11 Å². The molecule has 0 unspecified atom stereocenters. The van der Waals surface area contributed by atoms with Gasteiger partial charge in [0.05, 0.1) is 23.6 Å². The van der Waals surface area contributed by atoms with E-state index in [2.05, 4.69) is 9.97 Å². The molecule has 3 aromatic rings. The number of nitrogens with zero attached hydrogens (tertiary/aromatic N) is 2. The van der Waals surface area contributed by atoms with Crippen molar-refractivity contribution in [3.8, 4) is 0 Å². The van der Waals surface area contributed by atoms with Crippen LogP contribution in [0.1, 0.15) is 21.7 Å². The van der Waals surface area contributed by atoms with Crippen LogP contribution >= 0.6 is 0 Å². The van der Waals surface area contributed by atoms with Crippen LogP contribution in [0.15, 0.2) is 47.5 Å². The maximum atomic E-state index is 12.2. The first-order valence-electron chi connectivity index (χ1n) is 7.14. The molecular formula is C17H16N3O3+. The Morgan fingerprint density at radius 1 is 1.26 bits per heavy atom. The molecule has 0 amide bonds. The van der Waals surface area contributed by atoms with Gasteiger partial charge in [-0.1, -0.05) is 0 Å². The van der Waals surface area contributed by atoms with E-state index in [-0.39, 0.29) is 5.56 Å². The zero-order valence-electron chi connectivity index (χ0n) is 12.9. The van der Waals surface area contributed by atoms with Crippen molar-refractivity contribution in [3.63, 3.8) is 0 Å². The summed E-state index contributed by atoms with van der Waals surface area (Å²) in [6.07, 6.45) is 3.84. The van der Waals surface area contributed by atoms with Crippen molar-refractivity contribution >= 4 is 16.9 Å². The second-order valence-corrected chi connectivity index (χ2v) is 5.28. The summed E-state index contributed by atoms with van der Waals surface area (Å²) in [5, 5.41) is 0.440. The lowest BCUT2D eigenvalue weighted by molar-refractivity contribution is -0.689. The van der Waals surface area contributed by atoms with Gasteiger partial charge < -0.3 is 9.72 Å². The summed E-state index contributed by atoms with van der Waals surface area (Å²) in [4.78, 5) is 31.0. The molecule has 0 aliphatic carbocycles. The predicted molar refractivity (Wildman–Crippen MR) is 84.2 cm³/mol. The number of carbonyl (C=O) groups excluding carboxylic acids is 1.